The van der Waals surface area contributed by atoms with Gasteiger partial charge in [0.15, 0.2) is 0 Å². The van der Waals surface area contributed by atoms with Gasteiger partial charge in [0, 0.05) is 31.1 Å². The van der Waals surface area contributed by atoms with Crippen LogP contribution in [0.2, 0.25) is 0 Å². The Morgan fingerprint density at radius 2 is 2.04 bits per heavy atom. The van der Waals surface area contributed by atoms with Crippen molar-refractivity contribution in [2.24, 2.45) is 7.05 Å². The second kappa shape index (κ2) is 7.64. The van der Waals surface area contributed by atoms with E-state index >= 15 is 0 Å². The van der Waals surface area contributed by atoms with Gasteiger partial charge >= 0.3 is 0 Å². The Hall–Kier alpha value is -3.48. The lowest BCUT2D eigenvalue weighted by molar-refractivity contribution is 0.317. The fourth-order valence-electron chi connectivity index (χ4n) is 3.00. The number of ether oxygens (including phenoxy) is 1. The predicted molar refractivity (Wildman–Crippen MR) is 107 cm³/mol. The van der Waals surface area contributed by atoms with Crippen LogP contribution in [-0.4, -0.2) is 31.2 Å². The molecule has 142 valence electrons. The summed E-state index contributed by atoms with van der Waals surface area (Å²) < 4.78 is 9.04. The second-order valence-electron chi connectivity index (χ2n) is 6.67. The number of rotatable bonds is 6. The fourth-order valence-corrected chi connectivity index (χ4v) is 3.00. The van der Waals surface area contributed by atoms with E-state index in [0.717, 1.165) is 34.3 Å². The molecule has 0 radical (unpaired) electrons. The Labute approximate surface area is 162 Å². The standard InChI is InChI=1S/C21H21N5O2/c1-3-8-28-18-11-16-9-15(4-5-19(16)22-13-18)10-20-21(27)6-7-26(24-20)17-12-23-25(2)14-17/h4-7,9,11-14H,3,8,10H2,1-2H3. The molecule has 0 amide bonds. The van der Waals surface area contributed by atoms with E-state index in [1.165, 1.54) is 6.07 Å². The van der Waals surface area contributed by atoms with Crippen molar-refractivity contribution in [2.75, 3.05) is 6.61 Å². The SMILES string of the molecule is CCCOc1cnc2ccc(Cc3nn(-c4cnn(C)c4)ccc3=O)cc2c1. The molecule has 28 heavy (non-hydrogen) atoms. The second-order valence-corrected chi connectivity index (χ2v) is 6.67. The van der Waals surface area contributed by atoms with Gasteiger partial charge in [-0.05, 0) is 30.2 Å². The molecule has 7 heteroatoms. The zero-order valence-electron chi connectivity index (χ0n) is 15.9. The number of aryl methyl sites for hydroxylation is 1. The Balaban J connectivity index is 1.64. The van der Waals surface area contributed by atoms with Crippen LogP contribution in [0.25, 0.3) is 16.6 Å². The minimum atomic E-state index is -0.0848. The van der Waals surface area contributed by atoms with Gasteiger partial charge in [0.25, 0.3) is 0 Å². The molecule has 0 saturated carbocycles. The summed E-state index contributed by atoms with van der Waals surface area (Å²) in [4.78, 5) is 16.8. The van der Waals surface area contributed by atoms with Crippen LogP contribution in [-0.2, 0) is 13.5 Å². The van der Waals surface area contributed by atoms with Gasteiger partial charge in [0.1, 0.15) is 17.1 Å². The monoisotopic (exact) mass is 375 g/mol. The van der Waals surface area contributed by atoms with Crippen LogP contribution in [0.4, 0.5) is 0 Å². The summed E-state index contributed by atoms with van der Waals surface area (Å²) in [7, 11) is 1.84. The summed E-state index contributed by atoms with van der Waals surface area (Å²) in [6.07, 6.45) is 8.34. The smallest absolute Gasteiger partial charge is 0.203 e. The summed E-state index contributed by atoms with van der Waals surface area (Å²) in [6.45, 7) is 2.73. The molecule has 0 spiro atoms. The highest BCUT2D eigenvalue weighted by Crippen LogP contribution is 2.21. The zero-order chi connectivity index (χ0) is 19.5. The molecule has 0 bridgehead atoms. The van der Waals surface area contributed by atoms with Gasteiger partial charge in [0.05, 0.1) is 30.7 Å². The molecule has 0 fully saturated rings. The minimum Gasteiger partial charge on any atom is -0.492 e. The van der Waals surface area contributed by atoms with E-state index in [-0.39, 0.29) is 5.43 Å². The van der Waals surface area contributed by atoms with Crippen LogP contribution in [0.3, 0.4) is 0 Å². The fraction of sp³-hybridized carbons (Fsp3) is 0.238. The van der Waals surface area contributed by atoms with Crippen LogP contribution in [0, 0.1) is 0 Å². The van der Waals surface area contributed by atoms with Crippen molar-refractivity contribution in [2.45, 2.75) is 19.8 Å². The predicted octanol–water partition coefficient (Wildman–Crippen LogP) is 2.89. The molecule has 3 heterocycles. The zero-order valence-corrected chi connectivity index (χ0v) is 15.9. The van der Waals surface area contributed by atoms with Crippen LogP contribution in [0.5, 0.6) is 5.75 Å². The Morgan fingerprint density at radius 3 is 2.82 bits per heavy atom. The molecule has 0 aliphatic rings. The van der Waals surface area contributed by atoms with Crippen LogP contribution in [0.1, 0.15) is 24.6 Å². The molecule has 4 rings (SSSR count). The number of hydrogen-bond donors (Lipinski definition) is 0. The lowest BCUT2D eigenvalue weighted by atomic mass is 10.1. The highest BCUT2D eigenvalue weighted by atomic mass is 16.5. The molecule has 0 N–H and O–H groups in total. The van der Waals surface area contributed by atoms with Crippen molar-refractivity contribution >= 4 is 10.9 Å². The molecular formula is C21H21N5O2. The van der Waals surface area contributed by atoms with Gasteiger partial charge in [0.2, 0.25) is 5.43 Å². The molecule has 0 atom stereocenters. The molecule has 0 saturated heterocycles. The third-order valence-corrected chi connectivity index (χ3v) is 4.40. The molecule has 0 aliphatic carbocycles. The van der Waals surface area contributed by atoms with Gasteiger partial charge in [-0.3, -0.25) is 14.5 Å². The lowest BCUT2D eigenvalue weighted by Crippen LogP contribution is -2.16. The normalized spacial score (nSPS) is 11.1. The number of hydrogen-bond acceptors (Lipinski definition) is 5. The van der Waals surface area contributed by atoms with Crippen molar-refractivity contribution in [3.63, 3.8) is 0 Å². The summed E-state index contributed by atoms with van der Waals surface area (Å²) in [6, 6.07) is 9.48. The summed E-state index contributed by atoms with van der Waals surface area (Å²) in [5.41, 5.74) is 3.09. The van der Waals surface area contributed by atoms with Crippen molar-refractivity contribution < 1.29 is 4.74 Å². The molecule has 1 aromatic carbocycles. The van der Waals surface area contributed by atoms with E-state index in [0.29, 0.717) is 18.7 Å². The van der Waals surface area contributed by atoms with Crippen molar-refractivity contribution in [1.29, 1.82) is 0 Å². The van der Waals surface area contributed by atoms with Crippen molar-refractivity contribution in [3.05, 3.63) is 76.6 Å². The summed E-state index contributed by atoms with van der Waals surface area (Å²) >= 11 is 0. The van der Waals surface area contributed by atoms with E-state index in [1.54, 1.807) is 28.0 Å². The van der Waals surface area contributed by atoms with E-state index in [9.17, 15) is 4.79 Å². The van der Waals surface area contributed by atoms with Crippen molar-refractivity contribution in [3.8, 4) is 11.4 Å². The number of fused-ring (bicyclic) bond motifs is 1. The van der Waals surface area contributed by atoms with Gasteiger partial charge in [-0.25, -0.2) is 4.68 Å². The maximum Gasteiger partial charge on any atom is 0.203 e. The first kappa shape index (κ1) is 17.9. The molecule has 0 unspecified atom stereocenters. The molecule has 4 aromatic rings. The number of pyridine rings is 1. The van der Waals surface area contributed by atoms with E-state index in [1.807, 2.05) is 37.5 Å². The van der Waals surface area contributed by atoms with Crippen LogP contribution in [0.15, 0.2) is 59.9 Å². The number of aromatic nitrogens is 5. The topological polar surface area (TPSA) is 74.8 Å². The van der Waals surface area contributed by atoms with Crippen LogP contribution < -0.4 is 10.2 Å². The third-order valence-electron chi connectivity index (χ3n) is 4.40. The van der Waals surface area contributed by atoms with Crippen LogP contribution >= 0.6 is 0 Å². The number of benzene rings is 1. The highest BCUT2D eigenvalue weighted by molar-refractivity contribution is 5.80. The largest absolute Gasteiger partial charge is 0.492 e. The molecule has 7 nitrogen and oxygen atoms in total. The highest BCUT2D eigenvalue weighted by Gasteiger charge is 2.08. The van der Waals surface area contributed by atoms with E-state index in [2.05, 4.69) is 22.1 Å². The van der Waals surface area contributed by atoms with E-state index < -0.39 is 0 Å². The Kier molecular flexibility index (Phi) is 4.89. The maximum atomic E-state index is 12.3. The quantitative estimate of drug-likeness (QED) is 0.518. The molecule has 3 aromatic heterocycles. The maximum absolute atomic E-state index is 12.3. The third kappa shape index (κ3) is 3.78. The van der Waals surface area contributed by atoms with E-state index in [4.69, 9.17) is 4.74 Å². The minimum absolute atomic E-state index is 0.0848. The summed E-state index contributed by atoms with van der Waals surface area (Å²) in [5, 5.41) is 9.63. The lowest BCUT2D eigenvalue weighted by Gasteiger charge is -2.08. The first-order valence-corrected chi connectivity index (χ1v) is 9.22. The first-order chi connectivity index (χ1) is 13.6. The van der Waals surface area contributed by atoms with Gasteiger partial charge in [-0.2, -0.15) is 10.2 Å². The van der Waals surface area contributed by atoms with Gasteiger partial charge < -0.3 is 4.74 Å². The summed E-state index contributed by atoms with van der Waals surface area (Å²) in [5.74, 6) is 0.753. The van der Waals surface area contributed by atoms with Gasteiger partial charge in [-0.1, -0.05) is 13.0 Å². The average Bonchev–Trinajstić information content (AvgIpc) is 3.14. The molecule has 0 aliphatic heterocycles. The number of nitrogens with zero attached hydrogens (tertiary/aromatic N) is 5. The van der Waals surface area contributed by atoms with Crippen molar-refractivity contribution in [1.82, 2.24) is 24.5 Å². The molecular weight excluding hydrogens is 354 g/mol. The average molecular weight is 375 g/mol. The Morgan fingerprint density at radius 1 is 1.14 bits per heavy atom. The van der Waals surface area contributed by atoms with Gasteiger partial charge in [-0.15, -0.1) is 0 Å². The first-order valence-electron chi connectivity index (χ1n) is 9.22. The Bertz CT molecular complexity index is 1180.